The normalized spacial score (nSPS) is 11.8. The van der Waals surface area contributed by atoms with Crippen LogP contribution in [0.3, 0.4) is 0 Å². The standard InChI is InChI=1S/C28H33N3O7S/c1-18(2)17-38-27(34)31(24-25(37-6)30-19(3)16-29-24)39(35,36)23-10-8-7-9-22(23)21-13-11-20(12-14-21)15-28(4,5)26(32)33/h7-14,16,18H,15,17H2,1-6H3,(H,32,33). The molecule has 0 saturated heterocycles. The van der Waals surface area contributed by atoms with Crippen molar-refractivity contribution in [3.8, 4) is 17.0 Å². The van der Waals surface area contributed by atoms with Crippen molar-refractivity contribution < 1.29 is 32.6 Å². The fourth-order valence-corrected chi connectivity index (χ4v) is 5.25. The first-order chi connectivity index (χ1) is 18.3. The number of hydrogen-bond acceptors (Lipinski definition) is 8. The van der Waals surface area contributed by atoms with E-state index in [-0.39, 0.29) is 29.1 Å². The molecule has 0 spiro atoms. The van der Waals surface area contributed by atoms with Crippen molar-refractivity contribution in [1.82, 2.24) is 9.97 Å². The second kappa shape index (κ2) is 11.8. The number of aliphatic carboxylic acids is 1. The number of benzene rings is 2. The minimum Gasteiger partial charge on any atom is -0.481 e. The Hall–Kier alpha value is -3.99. The second-order valence-corrected chi connectivity index (χ2v) is 11.9. The second-order valence-electron chi connectivity index (χ2n) is 10.1. The highest BCUT2D eigenvalue weighted by atomic mass is 32.2. The zero-order chi connectivity index (χ0) is 29.0. The third-order valence-corrected chi connectivity index (χ3v) is 7.54. The average Bonchev–Trinajstić information content (AvgIpc) is 2.88. The van der Waals surface area contributed by atoms with Crippen molar-refractivity contribution in [2.75, 3.05) is 18.0 Å². The zero-order valence-corrected chi connectivity index (χ0v) is 23.7. The maximum Gasteiger partial charge on any atom is 0.430 e. The molecule has 0 unspecified atom stereocenters. The summed E-state index contributed by atoms with van der Waals surface area (Å²) in [4.78, 5) is 33.0. The van der Waals surface area contributed by atoms with Crippen molar-refractivity contribution in [2.24, 2.45) is 11.3 Å². The van der Waals surface area contributed by atoms with E-state index >= 15 is 0 Å². The number of carbonyl (C=O) groups excluding carboxylic acids is 1. The Morgan fingerprint density at radius 3 is 2.31 bits per heavy atom. The molecule has 1 aromatic heterocycles. The van der Waals surface area contributed by atoms with Crippen LogP contribution in [0.4, 0.5) is 10.6 Å². The first kappa shape index (κ1) is 29.6. The van der Waals surface area contributed by atoms with Crippen LogP contribution in [0.5, 0.6) is 5.88 Å². The third-order valence-electron chi connectivity index (χ3n) is 5.83. The molecular weight excluding hydrogens is 522 g/mol. The molecule has 0 aliphatic rings. The third kappa shape index (κ3) is 6.72. The topological polar surface area (TPSA) is 136 Å². The van der Waals surface area contributed by atoms with Gasteiger partial charge in [-0.25, -0.2) is 23.2 Å². The van der Waals surface area contributed by atoms with E-state index in [2.05, 4.69) is 9.97 Å². The highest BCUT2D eigenvalue weighted by Crippen LogP contribution is 2.35. The molecule has 208 valence electrons. The first-order valence-corrected chi connectivity index (χ1v) is 13.7. The molecule has 0 fully saturated rings. The van der Waals surface area contributed by atoms with Gasteiger partial charge in [-0.15, -0.1) is 4.31 Å². The number of carboxylic acids is 1. The van der Waals surface area contributed by atoms with Gasteiger partial charge in [-0.1, -0.05) is 56.3 Å². The lowest BCUT2D eigenvalue weighted by Crippen LogP contribution is -2.39. The lowest BCUT2D eigenvalue weighted by atomic mass is 9.85. The molecule has 3 rings (SSSR count). The molecule has 0 saturated carbocycles. The Labute approximate surface area is 228 Å². The number of methoxy groups -OCH3 is 1. The number of ether oxygens (including phenoxy) is 2. The number of anilines is 1. The van der Waals surface area contributed by atoms with Crippen LogP contribution in [0.25, 0.3) is 11.1 Å². The average molecular weight is 556 g/mol. The van der Waals surface area contributed by atoms with Crippen LogP contribution < -0.4 is 9.04 Å². The fourth-order valence-electron chi connectivity index (χ4n) is 3.74. The van der Waals surface area contributed by atoms with E-state index in [9.17, 15) is 23.1 Å². The molecule has 3 aromatic rings. The number of carbonyl (C=O) groups is 2. The fraction of sp³-hybridized carbons (Fsp3) is 0.357. The predicted octanol–water partition coefficient (Wildman–Crippen LogP) is 5.10. The monoisotopic (exact) mass is 555 g/mol. The minimum absolute atomic E-state index is 0.0116. The molecule has 0 bridgehead atoms. The molecule has 1 N–H and O–H groups in total. The number of hydrogen-bond donors (Lipinski definition) is 1. The van der Waals surface area contributed by atoms with Gasteiger partial charge in [0.15, 0.2) is 0 Å². The van der Waals surface area contributed by atoms with Gasteiger partial charge in [0.25, 0.3) is 15.9 Å². The summed E-state index contributed by atoms with van der Waals surface area (Å²) in [5.74, 6) is -1.43. The number of nitrogens with zero attached hydrogens (tertiary/aromatic N) is 3. The summed E-state index contributed by atoms with van der Waals surface area (Å²) in [6.07, 6.45) is 0.490. The molecule has 0 aliphatic heterocycles. The molecule has 0 radical (unpaired) electrons. The summed E-state index contributed by atoms with van der Waals surface area (Å²) >= 11 is 0. The van der Waals surface area contributed by atoms with Crippen molar-refractivity contribution in [3.63, 3.8) is 0 Å². The Kier molecular flexibility index (Phi) is 8.96. The number of amides is 1. The van der Waals surface area contributed by atoms with Gasteiger partial charge in [0, 0.05) is 5.56 Å². The quantitative estimate of drug-likeness (QED) is 0.362. The van der Waals surface area contributed by atoms with Gasteiger partial charge in [0.2, 0.25) is 5.82 Å². The van der Waals surface area contributed by atoms with Crippen molar-refractivity contribution in [2.45, 2.75) is 45.9 Å². The van der Waals surface area contributed by atoms with Gasteiger partial charge in [0.05, 0.1) is 35.9 Å². The van der Waals surface area contributed by atoms with E-state index in [4.69, 9.17) is 9.47 Å². The number of aromatic nitrogens is 2. The molecule has 1 amide bonds. The maximum absolute atomic E-state index is 14.1. The smallest absolute Gasteiger partial charge is 0.430 e. The Balaban J connectivity index is 2.12. The summed E-state index contributed by atoms with van der Waals surface area (Å²) in [7, 11) is -3.27. The molecular formula is C28H33N3O7S. The lowest BCUT2D eigenvalue weighted by molar-refractivity contribution is -0.146. The van der Waals surface area contributed by atoms with E-state index < -0.39 is 27.5 Å². The predicted molar refractivity (Wildman–Crippen MR) is 146 cm³/mol. The number of carboxylic acid groups (broad SMARTS) is 1. The largest absolute Gasteiger partial charge is 0.481 e. The van der Waals surface area contributed by atoms with E-state index in [0.717, 1.165) is 5.56 Å². The Morgan fingerprint density at radius 1 is 1.08 bits per heavy atom. The van der Waals surface area contributed by atoms with Gasteiger partial charge in [-0.3, -0.25) is 4.79 Å². The van der Waals surface area contributed by atoms with Gasteiger partial charge < -0.3 is 14.6 Å². The molecule has 10 nitrogen and oxygen atoms in total. The minimum atomic E-state index is -4.58. The number of aryl methyl sites for hydroxylation is 1. The van der Waals surface area contributed by atoms with E-state index in [1.807, 2.05) is 13.8 Å². The highest BCUT2D eigenvalue weighted by Gasteiger charge is 2.38. The summed E-state index contributed by atoms with van der Waals surface area (Å²) in [6.45, 7) is 8.58. The van der Waals surface area contributed by atoms with Gasteiger partial charge in [-0.2, -0.15) is 0 Å². The van der Waals surface area contributed by atoms with E-state index in [1.54, 1.807) is 63.2 Å². The van der Waals surface area contributed by atoms with Crippen molar-refractivity contribution in [3.05, 3.63) is 66.0 Å². The zero-order valence-electron chi connectivity index (χ0n) is 22.8. The number of sulfonamides is 1. The van der Waals surface area contributed by atoms with E-state index in [1.165, 1.54) is 19.4 Å². The van der Waals surface area contributed by atoms with Crippen LogP contribution in [0.1, 0.15) is 39.0 Å². The van der Waals surface area contributed by atoms with Crippen LogP contribution in [0.15, 0.2) is 59.6 Å². The number of rotatable bonds is 10. The lowest BCUT2D eigenvalue weighted by Gasteiger charge is -2.24. The van der Waals surface area contributed by atoms with Crippen LogP contribution in [0.2, 0.25) is 0 Å². The SMILES string of the molecule is COc1nc(C)cnc1N(C(=O)OCC(C)C)S(=O)(=O)c1ccccc1-c1ccc(CC(C)(C)C(=O)O)cc1. The molecule has 0 aliphatic carbocycles. The van der Waals surface area contributed by atoms with Crippen LogP contribution >= 0.6 is 0 Å². The highest BCUT2D eigenvalue weighted by molar-refractivity contribution is 7.93. The first-order valence-electron chi connectivity index (χ1n) is 12.3. The molecule has 1 heterocycles. The summed E-state index contributed by atoms with van der Waals surface area (Å²) in [5, 5.41) is 9.45. The molecule has 2 aromatic carbocycles. The maximum atomic E-state index is 14.1. The summed E-state index contributed by atoms with van der Waals surface area (Å²) in [5.41, 5.74) is 1.18. The van der Waals surface area contributed by atoms with Crippen LogP contribution in [0, 0.1) is 18.3 Å². The molecule has 0 atom stereocenters. The van der Waals surface area contributed by atoms with Crippen LogP contribution in [-0.2, 0) is 26.0 Å². The molecule has 11 heteroatoms. The molecule has 39 heavy (non-hydrogen) atoms. The Morgan fingerprint density at radius 2 is 1.72 bits per heavy atom. The van der Waals surface area contributed by atoms with Gasteiger partial charge in [0.1, 0.15) is 0 Å². The summed E-state index contributed by atoms with van der Waals surface area (Å²) < 4.78 is 39.3. The van der Waals surface area contributed by atoms with Gasteiger partial charge in [-0.05, 0) is 50.3 Å². The van der Waals surface area contributed by atoms with Crippen LogP contribution in [-0.4, -0.2) is 49.3 Å². The van der Waals surface area contributed by atoms with E-state index in [0.29, 0.717) is 27.5 Å². The van der Waals surface area contributed by atoms with Crippen molar-refractivity contribution in [1.29, 1.82) is 0 Å². The van der Waals surface area contributed by atoms with Gasteiger partial charge >= 0.3 is 12.1 Å². The summed E-state index contributed by atoms with van der Waals surface area (Å²) in [6, 6.07) is 13.2. The Bertz CT molecular complexity index is 1450. The van der Waals surface area contributed by atoms with Crippen molar-refractivity contribution >= 4 is 27.9 Å².